The number of benzene rings is 1. The number of amides is 1. The van der Waals surface area contributed by atoms with Crippen LogP contribution in [0.3, 0.4) is 0 Å². The van der Waals surface area contributed by atoms with E-state index in [2.05, 4.69) is 5.32 Å². The summed E-state index contributed by atoms with van der Waals surface area (Å²) in [7, 11) is 0. The van der Waals surface area contributed by atoms with E-state index in [1.807, 2.05) is 24.3 Å². The van der Waals surface area contributed by atoms with Crippen LogP contribution in [0.2, 0.25) is 0 Å². The lowest BCUT2D eigenvalue weighted by atomic mass is 9.54. The summed E-state index contributed by atoms with van der Waals surface area (Å²) in [4.78, 5) is 12.5. The van der Waals surface area contributed by atoms with Crippen LogP contribution in [-0.4, -0.2) is 25.2 Å². The second kappa shape index (κ2) is 6.64. The highest BCUT2D eigenvalue weighted by Crippen LogP contribution is 2.53. The van der Waals surface area contributed by atoms with Gasteiger partial charge in [-0.1, -0.05) is 6.07 Å². The van der Waals surface area contributed by atoms with Crippen LogP contribution >= 0.6 is 0 Å². The number of ether oxygens (including phenoxy) is 2. The topological polar surface area (TPSA) is 47.6 Å². The summed E-state index contributed by atoms with van der Waals surface area (Å²) in [5.41, 5.74) is 0.967. The molecule has 4 heteroatoms. The third-order valence-corrected chi connectivity index (χ3v) is 6.73. The van der Waals surface area contributed by atoms with Crippen molar-refractivity contribution in [3.8, 4) is 11.5 Å². The molecule has 4 nitrogen and oxygen atoms in total. The lowest BCUT2D eigenvalue weighted by Crippen LogP contribution is -2.55. The maximum absolute atomic E-state index is 12.5. The molecule has 4 fully saturated rings. The number of nitrogens with one attached hydrogen (secondary N) is 1. The molecule has 1 aromatic rings. The molecule has 0 saturated heterocycles. The highest BCUT2D eigenvalue weighted by atomic mass is 16.5. The Bertz CT molecular complexity index is 698. The van der Waals surface area contributed by atoms with Crippen molar-refractivity contribution in [1.29, 1.82) is 0 Å². The number of hydrogen-bond acceptors (Lipinski definition) is 3. The number of carbonyl (C=O) groups is 1. The van der Waals surface area contributed by atoms with Gasteiger partial charge in [0.1, 0.15) is 0 Å². The Morgan fingerprint density at radius 1 is 0.962 bits per heavy atom. The van der Waals surface area contributed by atoms with E-state index < -0.39 is 0 Å². The molecule has 4 bridgehead atoms. The van der Waals surface area contributed by atoms with Gasteiger partial charge in [0.2, 0.25) is 5.91 Å². The van der Waals surface area contributed by atoms with Gasteiger partial charge in [-0.05, 0) is 79.5 Å². The van der Waals surface area contributed by atoms with E-state index in [1.165, 1.54) is 32.1 Å². The maximum atomic E-state index is 12.5. The van der Waals surface area contributed by atoms with Crippen LogP contribution in [0.25, 0.3) is 6.08 Å². The smallest absolute Gasteiger partial charge is 0.244 e. The normalized spacial score (nSPS) is 34.7. The molecule has 4 saturated carbocycles. The molecule has 0 atom stereocenters. The molecule has 1 aromatic carbocycles. The Morgan fingerprint density at radius 2 is 1.65 bits per heavy atom. The molecule has 0 radical (unpaired) electrons. The molecule has 0 aromatic heterocycles. The molecule has 1 aliphatic heterocycles. The van der Waals surface area contributed by atoms with Gasteiger partial charge in [0.25, 0.3) is 0 Å². The summed E-state index contributed by atoms with van der Waals surface area (Å²) in [6.45, 7) is 1.36. The molecule has 138 valence electrons. The van der Waals surface area contributed by atoms with Gasteiger partial charge >= 0.3 is 0 Å². The zero-order chi connectivity index (χ0) is 17.5. The van der Waals surface area contributed by atoms with Crippen LogP contribution < -0.4 is 14.8 Å². The molecule has 5 aliphatic rings. The Hall–Kier alpha value is -1.97. The summed E-state index contributed by atoms with van der Waals surface area (Å²) < 4.78 is 11.4. The highest BCUT2D eigenvalue weighted by molar-refractivity contribution is 5.92. The van der Waals surface area contributed by atoms with Crippen molar-refractivity contribution in [3.05, 3.63) is 29.8 Å². The minimum Gasteiger partial charge on any atom is -0.490 e. The first-order valence-corrected chi connectivity index (χ1v) is 10.1. The van der Waals surface area contributed by atoms with Crippen LogP contribution in [0.4, 0.5) is 0 Å². The van der Waals surface area contributed by atoms with Crippen LogP contribution in [0.1, 0.15) is 44.1 Å². The minimum atomic E-state index is 0.0367. The van der Waals surface area contributed by atoms with E-state index in [0.29, 0.717) is 31.1 Å². The Balaban J connectivity index is 1.24. The number of fused-ring (bicyclic) bond motifs is 1. The first-order valence-electron chi connectivity index (χ1n) is 10.1. The Kier molecular flexibility index (Phi) is 4.14. The van der Waals surface area contributed by atoms with Gasteiger partial charge in [-0.3, -0.25) is 4.79 Å². The second-order valence-electron chi connectivity index (χ2n) is 8.56. The van der Waals surface area contributed by atoms with E-state index in [1.54, 1.807) is 6.08 Å². The third kappa shape index (κ3) is 3.10. The van der Waals surface area contributed by atoms with Crippen molar-refractivity contribution in [2.24, 2.45) is 23.7 Å². The average Bonchev–Trinajstić information content (AvgIpc) is 2.87. The van der Waals surface area contributed by atoms with Crippen molar-refractivity contribution >= 4 is 12.0 Å². The number of carbonyl (C=O) groups excluding carboxylic acids is 1. The number of hydrogen-bond donors (Lipinski definition) is 1. The Morgan fingerprint density at radius 3 is 2.38 bits per heavy atom. The van der Waals surface area contributed by atoms with Gasteiger partial charge in [-0.15, -0.1) is 0 Å². The number of rotatable bonds is 3. The quantitative estimate of drug-likeness (QED) is 0.841. The van der Waals surface area contributed by atoms with E-state index in [0.717, 1.165) is 35.3 Å². The van der Waals surface area contributed by atoms with E-state index in [9.17, 15) is 4.79 Å². The monoisotopic (exact) mass is 353 g/mol. The summed E-state index contributed by atoms with van der Waals surface area (Å²) in [5.74, 6) is 4.88. The molecule has 1 amide bonds. The van der Waals surface area contributed by atoms with Gasteiger partial charge in [0.15, 0.2) is 11.5 Å². The Labute approximate surface area is 154 Å². The molecule has 4 aliphatic carbocycles. The van der Waals surface area contributed by atoms with Gasteiger partial charge in [0, 0.05) is 18.5 Å². The lowest BCUT2D eigenvalue weighted by Gasteiger charge is -2.54. The fourth-order valence-corrected chi connectivity index (χ4v) is 5.83. The molecular weight excluding hydrogens is 326 g/mol. The summed E-state index contributed by atoms with van der Waals surface area (Å²) >= 11 is 0. The molecule has 1 heterocycles. The standard InChI is InChI=1S/C22H27NO3/c24-21(23-22-17-9-15-8-16(11-17)12-18(22)10-15)5-3-14-2-4-19-20(13-14)26-7-1-6-25-19/h2-5,13,15-18,22H,1,6-12H2,(H,23,24)/b5-3+. The molecule has 6 rings (SSSR count). The van der Waals surface area contributed by atoms with Crippen molar-refractivity contribution in [2.75, 3.05) is 13.2 Å². The highest BCUT2D eigenvalue weighted by Gasteiger charge is 2.48. The minimum absolute atomic E-state index is 0.0367. The summed E-state index contributed by atoms with van der Waals surface area (Å²) in [6.07, 6.45) is 11.2. The molecule has 1 N–H and O–H groups in total. The largest absolute Gasteiger partial charge is 0.490 e. The predicted molar refractivity (Wildman–Crippen MR) is 100 cm³/mol. The van der Waals surface area contributed by atoms with E-state index in [-0.39, 0.29) is 5.91 Å². The molecule has 0 unspecified atom stereocenters. The van der Waals surface area contributed by atoms with Crippen LogP contribution in [0.15, 0.2) is 24.3 Å². The van der Waals surface area contributed by atoms with Gasteiger partial charge < -0.3 is 14.8 Å². The van der Waals surface area contributed by atoms with Crippen molar-refractivity contribution < 1.29 is 14.3 Å². The lowest BCUT2D eigenvalue weighted by molar-refractivity contribution is -0.120. The fourth-order valence-electron chi connectivity index (χ4n) is 5.83. The SMILES string of the molecule is O=C(/C=C/c1ccc2c(c1)OCCCO2)NC1C2CC3CC(C2)CC1C3. The second-order valence-corrected chi connectivity index (χ2v) is 8.56. The molecule has 26 heavy (non-hydrogen) atoms. The fraction of sp³-hybridized carbons (Fsp3) is 0.591. The van der Waals surface area contributed by atoms with Gasteiger partial charge in [0.05, 0.1) is 13.2 Å². The molecule has 0 spiro atoms. The van der Waals surface area contributed by atoms with Crippen molar-refractivity contribution in [2.45, 2.75) is 44.6 Å². The predicted octanol–water partition coefficient (Wildman–Crippen LogP) is 3.80. The third-order valence-electron chi connectivity index (χ3n) is 6.73. The first-order chi connectivity index (χ1) is 12.7. The summed E-state index contributed by atoms with van der Waals surface area (Å²) in [6, 6.07) is 6.24. The molecular formula is C22H27NO3. The summed E-state index contributed by atoms with van der Waals surface area (Å²) in [5, 5.41) is 3.32. The van der Waals surface area contributed by atoms with Crippen LogP contribution in [0, 0.1) is 23.7 Å². The van der Waals surface area contributed by atoms with Crippen LogP contribution in [0.5, 0.6) is 11.5 Å². The van der Waals surface area contributed by atoms with Gasteiger partial charge in [-0.25, -0.2) is 0 Å². The van der Waals surface area contributed by atoms with Gasteiger partial charge in [-0.2, -0.15) is 0 Å². The zero-order valence-electron chi connectivity index (χ0n) is 15.2. The van der Waals surface area contributed by atoms with Crippen molar-refractivity contribution in [3.63, 3.8) is 0 Å². The van der Waals surface area contributed by atoms with E-state index >= 15 is 0 Å². The average molecular weight is 353 g/mol. The van der Waals surface area contributed by atoms with Crippen LogP contribution in [-0.2, 0) is 4.79 Å². The van der Waals surface area contributed by atoms with E-state index in [4.69, 9.17) is 9.47 Å². The van der Waals surface area contributed by atoms with Crippen molar-refractivity contribution in [1.82, 2.24) is 5.32 Å². The zero-order valence-corrected chi connectivity index (χ0v) is 15.2. The first kappa shape index (κ1) is 16.2. The maximum Gasteiger partial charge on any atom is 0.244 e.